The molecule has 5 nitrogen and oxygen atoms in total. The summed E-state index contributed by atoms with van der Waals surface area (Å²) in [6.07, 6.45) is 3.50. The predicted octanol–water partition coefficient (Wildman–Crippen LogP) is 3.23. The Morgan fingerprint density at radius 1 is 1.11 bits per heavy atom. The number of halogens is 2. The highest BCUT2D eigenvalue weighted by molar-refractivity contribution is 5.92. The van der Waals surface area contributed by atoms with Gasteiger partial charge in [0.05, 0.1) is 13.2 Å². The molecule has 27 heavy (non-hydrogen) atoms. The van der Waals surface area contributed by atoms with Crippen LogP contribution in [0.15, 0.2) is 36.5 Å². The first-order chi connectivity index (χ1) is 13.1. The number of benzene rings is 1. The Morgan fingerprint density at radius 2 is 1.85 bits per heavy atom. The molecule has 3 rings (SSSR count). The number of hydrogen-bond donors (Lipinski definition) is 1. The fourth-order valence-corrected chi connectivity index (χ4v) is 2.84. The van der Waals surface area contributed by atoms with Gasteiger partial charge in [0.25, 0.3) is 5.91 Å². The fraction of sp³-hybridized carbons (Fsp3) is 0.400. The maximum atomic E-state index is 13.1. The third-order valence-corrected chi connectivity index (χ3v) is 4.47. The van der Waals surface area contributed by atoms with Crippen LogP contribution in [-0.4, -0.2) is 30.6 Å². The van der Waals surface area contributed by atoms with Crippen molar-refractivity contribution in [1.29, 1.82) is 0 Å². The van der Waals surface area contributed by atoms with Crippen molar-refractivity contribution in [3.05, 3.63) is 65.0 Å². The first-order valence-electron chi connectivity index (χ1n) is 8.94. The number of carbonyl (C=O) groups excluding carboxylic acids is 1. The summed E-state index contributed by atoms with van der Waals surface area (Å²) in [5.74, 6) is -1.52. The van der Waals surface area contributed by atoms with Gasteiger partial charge in [-0.3, -0.25) is 9.78 Å². The van der Waals surface area contributed by atoms with E-state index in [0.29, 0.717) is 23.7 Å². The molecular formula is C20H22F2N2O3. The summed E-state index contributed by atoms with van der Waals surface area (Å²) in [5.41, 5.74) is 1.69. The summed E-state index contributed by atoms with van der Waals surface area (Å²) >= 11 is 0. The van der Waals surface area contributed by atoms with Crippen molar-refractivity contribution in [3.8, 4) is 0 Å². The third-order valence-electron chi connectivity index (χ3n) is 4.47. The minimum Gasteiger partial charge on any atom is -0.381 e. The van der Waals surface area contributed by atoms with Gasteiger partial charge in [-0.15, -0.1) is 0 Å². The van der Waals surface area contributed by atoms with Crippen molar-refractivity contribution in [3.63, 3.8) is 0 Å². The number of ether oxygens (including phenoxy) is 2. The molecule has 2 heterocycles. The normalized spacial score (nSPS) is 14.9. The fourth-order valence-electron chi connectivity index (χ4n) is 2.84. The lowest BCUT2D eigenvalue weighted by Crippen LogP contribution is -2.32. The zero-order valence-corrected chi connectivity index (χ0v) is 14.9. The van der Waals surface area contributed by atoms with Crippen LogP contribution >= 0.6 is 0 Å². The zero-order chi connectivity index (χ0) is 19.1. The molecular weight excluding hydrogens is 354 g/mol. The van der Waals surface area contributed by atoms with E-state index in [9.17, 15) is 13.6 Å². The van der Waals surface area contributed by atoms with E-state index in [1.165, 1.54) is 6.07 Å². The minimum absolute atomic E-state index is 0.157. The SMILES string of the molecule is O=C(NCC1CCOCC1)c1ccc(COCc2ccc(F)c(F)c2)cn1. The van der Waals surface area contributed by atoms with E-state index >= 15 is 0 Å². The second-order valence-corrected chi connectivity index (χ2v) is 6.56. The number of amides is 1. The van der Waals surface area contributed by atoms with Crippen molar-refractivity contribution in [1.82, 2.24) is 10.3 Å². The van der Waals surface area contributed by atoms with Gasteiger partial charge in [-0.2, -0.15) is 0 Å². The molecule has 0 spiro atoms. The predicted molar refractivity (Wildman–Crippen MR) is 95.0 cm³/mol. The Balaban J connectivity index is 1.43. The average Bonchev–Trinajstić information content (AvgIpc) is 2.70. The maximum absolute atomic E-state index is 13.1. The molecule has 1 saturated heterocycles. The maximum Gasteiger partial charge on any atom is 0.269 e. The van der Waals surface area contributed by atoms with Gasteiger partial charge in [-0.05, 0) is 48.1 Å². The van der Waals surface area contributed by atoms with E-state index in [1.807, 2.05) is 0 Å². The van der Waals surface area contributed by atoms with Crippen molar-refractivity contribution in [2.24, 2.45) is 5.92 Å². The molecule has 1 N–H and O–H groups in total. The molecule has 0 aliphatic carbocycles. The number of rotatable bonds is 7. The van der Waals surface area contributed by atoms with Crippen LogP contribution in [0.25, 0.3) is 0 Å². The highest BCUT2D eigenvalue weighted by Gasteiger charge is 2.15. The molecule has 1 aromatic heterocycles. The number of hydrogen-bond acceptors (Lipinski definition) is 4. The zero-order valence-electron chi connectivity index (χ0n) is 14.9. The highest BCUT2D eigenvalue weighted by atomic mass is 19.2. The average molecular weight is 376 g/mol. The molecule has 0 unspecified atom stereocenters. The molecule has 7 heteroatoms. The van der Waals surface area contributed by atoms with E-state index in [4.69, 9.17) is 9.47 Å². The molecule has 0 atom stereocenters. The van der Waals surface area contributed by atoms with Crippen molar-refractivity contribution >= 4 is 5.91 Å². The van der Waals surface area contributed by atoms with Crippen molar-refractivity contribution in [2.45, 2.75) is 26.1 Å². The molecule has 0 saturated carbocycles. The monoisotopic (exact) mass is 376 g/mol. The van der Waals surface area contributed by atoms with Gasteiger partial charge in [0.1, 0.15) is 5.69 Å². The molecule has 1 aliphatic heterocycles. The topological polar surface area (TPSA) is 60.5 Å². The van der Waals surface area contributed by atoms with Crippen LogP contribution in [0.3, 0.4) is 0 Å². The van der Waals surface area contributed by atoms with Crippen LogP contribution in [0, 0.1) is 17.6 Å². The van der Waals surface area contributed by atoms with Gasteiger partial charge in [0, 0.05) is 26.0 Å². The molecule has 2 aromatic rings. The second kappa shape index (κ2) is 9.53. The summed E-state index contributed by atoms with van der Waals surface area (Å²) in [6.45, 7) is 2.54. The van der Waals surface area contributed by atoms with Gasteiger partial charge >= 0.3 is 0 Å². The van der Waals surface area contributed by atoms with Crippen LogP contribution in [-0.2, 0) is 22.7 Å². The van der Waals surface area contributed by atoms with Crippen molar-refractivity contribution < 1.29 is 23.0 Å². The van der Waals surface area contributed by atoms with E-state index in [1.54, 1.807) is 18.3 Å². The Morgan fingerprint density at radius 3 is 2.56 bits per heavy atom. The van der Waals surface area contributed by atoms with Gasteiger partial charge in [-0.25, -0.2) is 8.78 Å². The quantitative estimate of drug-likeness (QED) is 0.806. The molecule has 144 valence electrons. The first kappa shape index (κ1) is 19.4. The lowest BCUT2D eigenvalue weighted by atomic mass is 10.0. The minimum atomic E-state index is -0.895. The summed E-state index contributed by atoms with van der Waals surface area (Å²) in [7, 11) is 0. The van der Waals surface area contributed by atoms with E-state index < -0.39 is 11.6 Å². The number of nitrogens with zero attached hydrogens (tertiary/aromatic N) is 1. The van der Waals surface area contributed by atoms with E-state index in [-0.39, 0.29) is 19.1 Å². The van der Waals surface area contributed by atoms with E-state index in [0.717, 1.165) is 43.8 Å². The van der Waals surface area contributed by atoms with Gasteiger partial charge in [0.15, 0.2) is 11.6 Å². The Hall–Kier alpha value is -2.38. The summed E-state index contributed by atoms with van der Waals surface area (Å²) in [5, 5.41) is 2.91. The lowest BCUT2D eigenvalue weighted by Gasteiger charge is -2.22. The van der Waals surface area contributed by atoms with Crippen LogP contribution in [0.2, 0.25) is 0 Å². The Kier molecular flexibility index (Phi) is 6.84. The second-order valence-electron chi connectivity index (χ2n) is 6.56. The van der Waals surface area contributed by atoms with Crippen LogP contribution in [0.1, 0.15) is 34.5 Å². The Labute approximate surface area is 156 Å². The Bertz CT molecular complexity index is 762. The smallest absolute Gasteiger partial charge is 0.269 e. The van der Waals surface area contributed by atoms with Crippen LogP contribution in [0.4, 0.5) is 8.78 Å². The molecule has 1 aliphatic rings. The van der Waals surface area contributed by atoms with Gasteiger partial charge in [0.2, 0.25) is 0 Å². The number of pyridine rings is 1. The van der Waals surface area contributed by atoms with Gasteiger partial charge in [-0.1, -0.05) is 12.1 Å². The van der Waals surface area contributed by atoms with E-state index in [2.05, 4.69) is 10.3 Å². The number of carbonyl (C=O) groups is 1. The number of nitrogens with one attached hydrogen (secondary N) is 1. The molecule has 0 radical (unpaired) electrons. The van der Waals surface area contributed by atoms with Crippen LogP contribution in [0.5, 0.6) is 0 Å². The lowest BCUT2D eigenvalue weighted by molar-refractivity contribution is 0.0642. The molecule has 1 fully saturated rings. The number of aromatic nitrogens is 1. The molecule has 1 aromatic carbocycles. The van der Waals surface area contributed by atoms with Crippen molar-refractivity contribution in [2.75, 3.05) is 19.8 Å². The van der Waals surface area contributed by atoms with Gasteiger partial charge < -0.3 is 14.8 Å². The standard InChI is InChI=1S/C20H22F2N2O3/c21-17-3-1-15(9-18(17)22)12-27-13-16-2-4-19(23-11-16)20(25)24-10-14-5-7-26-8-6-14/h1-4,9,11,14H,5-8,10,12-13H2,(H,24,25). The highest BCUT2D eigenvalue weighted by Crippen LogP contribution is 2.14. The van der Waals surface area contributed by atoms with Crippen LogP contribution < -0.4 is 5.32 Å². The molecule has 1 amide bonds. The summed E-state index contributed by atoms with van der Waals surface area (Å²) < 4.78 is 36.8. The molecule has 0 bridgehead atoms. The first-order valence-corrected chi connectivity index (χ1v) is 8.94. The largest absolute Gasteiger partial charge is 0.381 e. The third kappa shape index (κ3) is 5.80. The summed E-state index contributed by atoms with van der Waals surface area (Å²) in [4.78, 5) is 16.3. The summed E-state index contributed by atoms with van der Waals surface area (Å²) in [6, 6.07) is 7.07.